The van der Waals surface area contributed by atoms with E-state index in [4.69, 9.17) is 0 Å². The maximum atomic E-state index is 11.9. The lowest BCUT2D eigenvalue weighted by Crippen LogP contribution is -2.37. The van der Waals surface area contributed by atoms with Gasteiger partial charge in [0.25, 0.3) is 0 Å². The monoisotopic (exact) mass is 289 g/mol. The van der Waals surface area contributed by atoms with Crippen LogP contribution in [0.3, 0.4) is 0 Å². The quantitative estimate of drug-likeness (QED) is 0.875. The van der Waals surface area contributed by atoms with Crippen molar-refractivity contribution in [2.45, 2.75) is 39.2 Å². The number of likely N-dealkylation sites (tertiary alicyclic amines) is 1. The number of hydrogen-bond donors (Lipinski definition) is 2. The number of rotatable bonds is 5. The van der Waals surface area contributed by atoms with E-state index in [-0.39, 0.29) is 11.9 Å². The highest BCUT2D eigenvalue weighted by Gasteiger charge is 2.17. The fraction of sp³-hybridized carbons (Fsp3) is 0.500. The number of carbonyl (C=O) groups excluding carboxylic acids is 2. The van der Waals surface area contributed by atoms with Crippen LogP contribution in [0.2, 0.25) is 0 Å². The van der Waals surface area contributed by atoms with Gasteiger partial charge >= 0.3 is 6.03 Å². The van der Waals surface area contributed by atoms with Crippen LogP contribution < -0.4 is 10.6 Å². The SMILES string of the molecule is CCCC(=O)Nc1cccc(CNC(=O)N2CCCC2)c1. The molecule has 2 rings (SSSR count). The number of nitrogens with zero attached hydrogens (tertiary/aromatic N) is 1. The Bertz CT molecular complexity index is 496. The van der Waals surface area contributed by atoms with Gasteiger partial charge in [-0.1, -0.05) is 19.1 Å². The van der Waals surface area contributed by atoms with Crippen LogP contribution in [0.4, 0.5) is 10.5 Å². The van der Waals surface area contributed by atoms with Gasteiger partial charge in [0.2, 0.25) is 5.91 Å². The molecule has 114 valence electrons. The van der Waals surface area contributed by atoms with Crippen LogP contribution in [-0.2, 0) is 11.3 Å². The second-order valence-corrected chi connectivity index (χ2v) is 5.35. The van der Waals surface area contributed by atoms with Crippen LogP contribution in [0.15, 0.2) is 24.3 Å². The molecule has 1 aromatic rings. The van der Waals surface area contributed by atoms with Crippen molar-refractivity contribution in [2.75, 3.05) is 18.4 Å². The van der Waals surface area contributed by atoms with E-state index >= 15 is 0 Å². The molecule has 5 heteroatoms. The molecular weight excluding hydrogens is 266 g/mol. The molecule has 1 heterocycles. The van der Waals surface area contributed by atoms with Gasteiger partial charge in [-0.2, -0.15) is 0 Å². The van der Waals surface area contributed by atoms with Crippen LogP contribution in [0.25, 0.3) is 0 Å². The molecule has 1 aliphatic heterocycles. The summed E-state index contributed by atoms with van der Waals surface area (Å²) in [7, 11) is 0. The predicted octanol–water partition coefficient (Wildman–Crippen LogP) is 2.73. The summed E-state index contributed by atoms with van der Waals surface area (Å²) in [6, 6.07) is 7.59. The minimum Gasteiger partial charge on any atom is -0.334 e. The molecule has 1 aliphatic rings. The molecule has 0 aliphatic carbocycles. The van der Waals surface area contributed by atoms with Crippen molar-refractivity contribution >= 4 is 17.6 Å². The second kappa shape index (κ2) is 7.67. The number of hydrogen-bond acceptors (Lipinski definition) is 2. The van der Waals surface area contributed by atoms with Gasteiger partial charge in [-0.25, -0.2) is 4.79 Å². The first kappa shape index (κ1) is 15.4. The maximum Gasteiger partial charge on any atom is 0.317 e. The minimum atomic E-state index is -0.00655. The Morgan fingerprint density at radius 3 is 2.71 bits per heavy atom. The Balaban J connectivity index is 1.85. The molecule has 0 aromatic heterocycles. The van der Waals surface area contributed by atoms with Gasteiger partial charge in [-0.15, -0.1) is 0 Å². The van der Waals surface area contributed by atoms with E-state index in [1.165, 1.54) is 0 Å². The lowest BCUT2D eigenvalue weighted by Gasteiger charge is -2.16. The summed E-state index contributed by atoms with van der Waals surface area (Å²) in [5.74, 6) is 0.0238. The zero-order chi connectivity index (χ0) is 15.1. The van der Waals surface area contributed by atoms with E-state index in [2.05, 4.69) is 10.6 Å². The Morgan fingerprint density at radius 2 is 2.00 bits per heavy atom. The lowest BCUT2D eigenvalue weighted by molar-refractivity contribution is -0.116. The van der Waals surface area contributed by atoms with E-state index < -0.39 is 0 Å². The molecule has 3 amide bonds. The fourth-order valence-electron chi connectivity index (χ4n) is 2.42. The number of anilines is 1. The average Bonchev–Trinajstić information content (AvgIpc) is 2.99. The van der Waals surface area contributed by atoms with Gasteiger partial charge < -0.3 is 15.5 Å². The average molecular weight is 289 g/mol. The normalized spacial score (nSPS) is 14.0. The molecule has 5 nitrogen and oxygen atoms in total. The summed E-state index contributed by atoms with van der Waals surface area (Å²) < 4.78 is 0. The van der Waals surface area contributed by atoms with Crippen molar-refractivity contribution in [1.82, 2.24) is 10.2 Å². The number of carbonyl (C=O) groups is 2. The highest BCUT2D eigenvalue weighted by atomic mass is 16.2. The summed E-state index contributed by atoms with van der Waals surface area (Å²) in [4.78, 5) is 25.3. The molecule has 0 radical (unpaired) electrons. The van der Waals surface area contributed by atoms with Crippen LogP contribution in [0, 0.1) is 0 Å². The number of benzene rings is 1. The standard InChI is InChI=1S/C16H23N3O2/c1-2-6-15(20)18-14-8-5-7-13(11-14)12-17-16(21)19-9-3-4-10-19/h5,7-8,11H,2-4,6,9-10,12H2,1H3,(H,17,21)(H,18,20). The van der Waals surface area contributed by atoms with Crippen molar-refractivity contribution in [3.8, 4) is 0 Å². The molecule has 1 saturated heterocycles. The van der Waals surface area contributed by atoms with E-state index in [0.29, 0.717) is 13.0 Å². The molecule has 1 fully saturated rings. The van der Waals surface area contributed by atoms with Gasteiger partial charge in [0, 0.05) is 31.7 Å². The third-order valence-electron chi connectivity index (χ3n) is 3.52. The van der Waals surface area contributed by atoms with Crippen molar-refractivity contribution in [3.05, 3.63) is 29.8 Å². The summed E-state index contributed by atoms with van der Waals surface area (Å²) >= 11 is 0. The zero-order valence-electron chi connectivity index (χ0n) is 12.5. The van der Waals surface area contributed by atoms with Crippen molar-refractivity contribution < 1.29 is 9.59 Å². The van der Waals surface area contributed by atoms with Crippen LogP contribution in [0.1, 0.15) is 38.2 Å². The summed E-state index contributed by atoms with van der Waals surface area (Å²) in [5.41, 5.74) is 1.76. The van der Waals surface area contributed by atoms with Crippen molar-refractivity contribution in [2.24, 2.45) is 0 Å². The molecule has 0 spiro atoms. The molecule has 1 aromatic carbocycles. The first-order chi connectivity index (χ1) is 10.2. The highest BCUT2D eigenvalue weighted by Crippen LogP contribution is 2.12. The first-order valence-electron chi connectivity index (χ1n) is 7.60. The summed E-state index contributed by atoms with van der Waals surface area (Å²) in [5, 5.41) is 5.78. The topological polar surface area (TPSA) is 61.4 Å². The predicted molar refractivity (Wildman–Crippen MR) is 83.0 cm³/mol. The van der Waals surface area contributed by atoms with Gasteiger partial charge in [0.1, 0.15) is 0 Å². The Hall–Kier alpha value is -2.04. The second-order valence-electron chi connectivity index (χ2n) is 5.35. The summed E-state index contributed by atoms with van der Waals surface area (Å²) in [6.45, 7) is 4.15. The highest BCUT2D eigenvalue weighted by molar-refractivity contribution is 5.90. The maximum absolute atomic E-state index is 11.9. The fourth-order valence-corrected chi connectivity index (χ4v) is 2.42. The van der Waals surface area contributed by atoms with Gasteiger partial charge in [-0.05, 0) is 37.0 Å². The molecule has 0 saturated carbocycles. The molecule has 0 bridgehead atoms. The van der Waals surface area contributed by atoms with Crippen molar-refractivity contribution in [3.63, 3.8) is 0 Å². The van der Waals surface area contributed by atoms with Gasteiger partial charge in [0.05, 0.1) is 0 Å². The number of nitrogens with one attached hydrogen (secondary N) is 2. The van der Waals surface area contributed by atoms with E-state index in [9.17, 15) is 9.59 Å². The Kier molecular flexibility index (Phi) is 5.60. The Labute approximate surface area is 125 Å². The lowest BCUT2D eigenvalue weighted by atomic mass is 10.2. The number of urea groups is 1. The molecule has 0 atom stereocenters. The van der Waals surface area contributed by atoms with Crippen LogP contribution in [-0.4, -0.2) is 29.9 Å². The smallest absolute Gasteiger partial charge is 0.317 e. The van der Waals surface area contributed by atoms with E-state index in [1.807, 2.05) is 36.1 Å². The van der Waals surface area contributed by atoms with E-state index in [1.54, 1.807) is 0 Å². The van der Waals surface area contributed by atoms with E-state index in [0.717, 1.165) is 43.6 Å². The third-order valence-corrected chi connectivity index (χ3v) is 3.52. The molecule has 0 unspecified atom stereocenters. The Morgan fingerprint density at radius 1 is 1.24 bits per heavy atom. The molecule has 2 N–H and O–H groups in total. The van der Waals surface area contributed by atoms with Gasteiger partial charge in [0.15, 0.2) is 0 Å². The third kappa shape index (κ3) is 4.77. The summed E-state index contributed by atoms with van der Waals surface area (Å²) in [6.07, 6.45) is 3.53. The largest absolute Gasteiger partial charge is 0.334 e. The minimum absolute atomic E-state index is 0.00655. The molecule has 21 heavy (non-hydrogen) atoms. The number of amides is 3. The first-order valence-corrected chi connectivity index (χ1v) is 7.60. The van der Waals surface area contributed by atoms with Crippen molar-refractivity contribution in [1.29, 1.82) is 0 Å². The zero-order valence-corrected chi connectivity index (χ0v) is 12.5. The molecular formula is C16H23N3O2. The van der Waals surface area contributed by atoms with Crippen LogP contribution >= 0.6 is 0 Å². The van der Waals surface area contributed by atoms with Crippen LogP contribution in [0.5, 0.6) is 0 Å². The van der Waals surface area contributed by atoms with Gasteiger partial charge in [-0.3, -0.25) is 4.79 Å².